The van der Waals surface area contributed by atoms with E-state index in [9.17, 15) is 0 Å². The lowest BCUT2D eigenvalue weighted by atomic mass is 9.91. The van der Waals surface area contributed by atoms with Crippen molar-refractivity contribution in [1.29, 1.82) is 0 Å². The quantitative estimate of drug-likeness (QED) is 0.165. The van der Waals surface area contributed by atoms with Crippen molar-refractivity contribution in [2.45, 2.75) is 0 Å². The zero-order valence-electron chi connectivity index (χ0n) is 34.5. The molecule has 0 fully saturated rings. The van der Waals surface area contributed by atoms with Crippen molar-refractivity contribution in [3.05, 3.63) is 212 Å². The molecule has 0 radical (unpaired) electrons. The normalized spacial score (nSPS) is 12.1. The second-order valence-corrected chi connectivity index (χ2v) is 18.0. The largest absolute Gasteiger partial charge is 0.291 e. The van der Waals surface area contributed by atoms with Crippen LogP contribution >= 0.6 is 11.3 Å². The summed E-state index contributed by atoms with van der Waals surface area (Å²) in [6.45, 7) is 0. The Balaban J connectivity index is 0.867. The van der Waals surface area contributed by atoms with E-state index in [0.717, 1.165) is 44.4 Å². The molecule has 3 nitrogen and oxygen atoms in total. The average Bonchev–Trinajstić information content (AvgIpc) is 3.94. The first-order valence-electron chi connectivity index (χ1n) is 21.8. The number of pyridine rings is 2. The van der Waals surface area contributed by atoms with Crippen LogP contribution in [0.5, 0.6) is 0 Å². The molecule has 4 heteroatoms. The Kier molecular flexibility index (Phi) is 7.56. The van der Waals surface area contributed by atoms with Gasteiger partial charge in [-0.3, -0.25) is 9.38 Å². The summed E-state index contributed by atoms with van der Waals surface area (Å²) < 4.78 is 4.89. The van der Waals surface area contributed by atoms with Gasteiger partial charge < -0.3 is 0 Å². The van der Waals surface area contributed by atoms with Crippen LogP contribution in [0.2, 0.25) is 0 Å². The number of thiophene rings is 1. The monoisotopic (exact) mass is 829 g/mol. The molecule has 0 saturated carbocycles. The fourth-order valence-corrected chi connectivity index (χ4v) is 11.4. The van der Waals surface area contributed by atoms with Crippen molar-refractivity contribution < 1.29 is 0 Å². The Morgan fingerprint density at radius 2 is 0.969 bits per heavy atom. The van der Waals surface area contributed by atoms with Gasteiger partial charge in [-0.1, -0.05) is 176 Å². The molecule has 296 valence electrons. The van der Waals surface area contributed by atoms with E-state index in [0.29, 0.717) is 0 Å². The van der Waals surface area contributed by atoms with Gasteiger partial charge in [0, 0.05) is 37.8 Å². The molecule has 0 amide bonds. The third kappa shape index (κ3) is 5.33. The molecule has 0 N–H and O–H groups in total. The third-order valence-corrected chi connectivity index (χ3v) is 14.6. The van der Waals surface area contributed by atoms with Crippen LogP contribution in [0.3, 0.4) is 0 Å². The number of benzene rings is 10. The van der Waals surface area contributed by atoms with Gasteiger partial charge in [0.25, 0.3) is 0 Å². The smallest absolute Gasteiger partial charge is 0.156 e. The third-order valence-electron chi connectivity index (χ3n) is 13.4. The number of fused-ring (bicyclic) bond motifs is 14. The van der Waals surface area contributed by atoms with E-state index >= 15 is 0 Å². The van der Waals surface area contributed by atoms with Crippen molar-refractivity contribution in [3.8, 4) is 44.6 Å². The van der Waals surface area contributed by atoms with Crippen LogP contribution in [-0.4, -0.2) is 14.4 Å². The van der Waals surface area contributed by atoms with E-state index in [4.69, 9.17) is 9.97 Å². The fourth-order valence-electron chi connectivity index (χ4n) is 10.2. The Bertz CT molecular complexity index is 4230. The molecule has 14 aromatic rings. The SMILES string of the molecule is c1ccc2cc3c(cc2c1)sc1c3cc(-c2ccc(-c3ccc(-c4ccc(-c5ccc6c(c5)ncc5ccccc56)cc4)c4ccccc34)cc2)n2c3ccc4ccccc4c3nc12. The summed E-state index contributed by atoms with van der Waals surface area (Å²) in [5, 5.41) is 13.5. The van der Waals surface area contributed by atoms with Crippen LogP contribution in [0.4, 0.5) is 0 Å². The lowest BCUT2D eigenvalue weighted by Gasteiger charge is -2.14. The molecule has 64 heavy (non-hydrogen) atoms. The highest BCUT2D eigenvalue weighted by Gasteiger charge is 2.20. The molecule has 0 aliphatic heterocycles. The highest BCUT2D eigenvalue weighted by molar-refractivity contribution is 7.26. The van der Waals surface area contributed by atoms with Gasteiger partial charge in [-0.15, -0.1) is 11.3 Å². The van der Waals surface area contributed by atoms with E-state index in [-0.39, 0.29) is 0 Å². The van der Waals surface area contributed by atoms with Gasteiger partial charge in [0.15, 0.2) is 5.65 Å². The summed E-state index contributed by atoms with van der Waals surface area (Å²) in [5.41, 5.74) is 13.6. The van der Waals surface area contributed by atoms with Gasteiger partial charge in [-0.2, -0.15) is 0 Å². The predicted octanol–water partition coefficient (Wildman–Crippen LogP) is 16.7. The number of hydrogen-bond acceptors (Lipinski definition) is 3. The maximum absolute atomic E-state index is 5.47. The second kappa shape index (κ2) is 13.7. The zero-order chi connectivity index (χ0) is 41.9. The van der Waals surface area contributed by atoms with Gasteiger partial charge in [0.05, 0.1) is 26.9 Å². The molecule has 14 rings (SSSR count). The highest BCUT2D eigenvalue weighted by atomic mass is 32.1. The number of aromatic nitrogens is 3. The Morgan fingerprint density at radius 1 is 0.375 bits per heavy atom. The Hall–Kier alpha value is -8.18. The summed E-state index contributed by atoms with van der Waals surface area (Å²) in [6, 6.07) is 75.4. The van der Waals surface area contributed by atoms with Gasteiger partial charge in [-0.25, -0.2) is 4.98 Å². The van der Waals surface area contributed by atoms with Gasteiger partial charge >= 0.3 is 0 Å². The lowest BCUT2D eigenvalue weighted by molar-refractivity contribution is 1.25. The van der Waals surface area contributed by atoms with Crippen LogP contribution in [0.1, 0.15) is 0 Å². The van der Waals surface area contributed by atoms with E-state index in [1.165, 1.54) is 91.1 Å². The van der Waals surface area contributed by atoms with Crippen LogP contribution in [0, 0.1) is 0 Å². The predicted molar refractivity (Wildman–Crippen MR) is 273 cm³/mol. The van der Waals surface area contributed by atoms with E-state index in [1.54, 1.807) is 0 Å². The first-order chi connectivity index (χ1) is 31.7. The van der Waals surface area contributed by atoms with Crippen LogP contribution in [0.25, 0.3) is 135 Å². The molecular formula is C60H35N3S. The average molecular weight is 830 g/mol. The van der Waals surface area contributed by atoms with Crippen molar-refractivity contribution >= 4 is 102 Å². The molecule has 10 aromatic carbocycles. The zero-order valence-corrected chi connectivity index (χ0v) is 35.3. The van der Waals surface area contributed by atoms with E-state index in [1.807, 2.05) is 17.5 Å². The minimum absolute atomic E-state index is 1.01. The van der Waals surface area contributed by atoms with Gasteiger partial charge in [0.1, 0.15) is 0 Å². The maximum atomic E-state index is 5.47. The van der Waals surface area contributed by atoms with Crippen molar-refractivity contribution in [3.63, 3.8) is 0 Å². The van der Waals surface area contributed by atoms with Crippen molar-refractivity contribution in [2.75, 3.05) is 0 Å². The minimum Gasteiger partial charge on any atom is -0.291 e. The Labute approximate surface area is 371 Å². The van der Waals surface area contributed by atoms with E-state index < -0.39 is 0 Å². The standard InChI is InChI=1S/C60H35N3S/c1-2-11-42-33-57-52(31-41(42)10-1)53-34-56(63-55-30-26-37-9-3-6-14-48(37)58(55)62-60(63)59(53)64-57)40-23-21-39(22-24-40)47-29-28-46(49-15-7-8-16-50(47)49)38-19-17-36(18-20-38)43-25-27-51-45-13-5-4-12-44(45)35-61-54(51)32-43/h1-35H. The van der Waals surface area contributed by atoms with Gasteiger partial charge in [-0.05, 0) is 102 Å². The molecule has 0 aliphatic carbocycles. The fraction of sp³-hybridized carbons (Fsp3) is 0. The van der Waals surface area contributed by atoms with E-state index in [2.05, 4.69) is 211 Å². The van der Waals surface area contributed by atoms with Crippen molar-refractivity contribution in [1.82, 2.24) is 14.4 Å². The highest BCUT2D eigenvalue weighted by Crippen LogP contribution is 2.44. The summed E-state index contributed by atoms with van der Waals surface area (Å²) >= 11 is 1.85. The van der Waals surface area contributed by atoms with Crippen molar-refractivity contribution in [2.24, 2.45) is 0 Å². The van der Waals surface area contributed by atoms with Crippen LogP contribution in [-0.2, 0) is 0 Å². The maximum Gasteiger partial charge on any atom is 0.156 e. The molecule has 0 unspecified atom stereocenters. The molecule has 4 heterocycles. The number of imidazole rings is 1. The van der Waals surface area contributed by atoms with Crippen LogP contribution < -0.4 is 0 Å². The molecule has 0 atom stereocenters. The first-order valence-corrected chi connectivity index (χ1v) is 22.6. The Morgan fingerprint density at radius 3 is 1.70 bits per heavy atom. The molecule has 0 bridgehead atoms. The molecular weight excluding hydrogens is 795 g/mol. The summed E-state index contributed by atoms with van der Waals surface area (Å²) in [5.74, 6) is 0. The topological polar surface area (TPSA) is 30.2 Å². The molecule has 0 saturated heterocycles. The summed E-state index contributed by atoms with van der Waals surface area (Å²) in [4.78, 5) is 10.3. The number of nitrogens with zero attached hydrogens (tertiary/aromatic N) is 3. The lowest BCUT2D eigenvalue weighted by Crippen LogP contribution is -1.93. The molecule has 4 aromatic heterocycles. The molecule has 0 spiro atoms. The summed E-state index contributed by atoms with van der Waals surface area (Å²) in [7, 11) is 0. The minimum atomic E-state index is 1.01. The van der Waals surface area contributed by atoms with Gasteiger partial charge in [0.2, 0.25) is 0 Å². The second-order valence-electron chi connectivity index (χ2n) is 16.9. The number of rotatable bonds is 4. The summed E-state index contributed by atoms with van der Waals surface area (Å²) in [6.07, 6.45) is 1.98. The molecule has 0 aliphatic rings. The van der Waals surface area contributed by atoms with Crippen LogP contribution in [0.15, 0.2) is 212 Å². The first kappa shape index (κ1) is 35.4. The number of hydrogen-bond donors (Lipinski definition) is 0.